The zero-order valence-corrected chi connectivity index (χ0v) is 25.4. The molecule has 0 spiro atoms. The summed E-state index contributed by atoms with van der Waals surface area (Å²) in [6, 6.07) is 32.0. The van der Waals surface area contributed by atoms with Crippen LogP contribution in [-0.2, 0) is 16.0 Å². The van der Waals surface area contributed by atoms with Crippen LogP contribution in [0.25, 0.3) is 0 Å². The van der Waals surface area contributed by atoms with E-state index in [1.54, 1.807) is 48.5 Å². The topological polar surface area (TPSA) is 95.9 Å². The van der Waals surface area contributed by atoms with Gasteiger partial charge in [-0.1, -0.05) is 98.5 Å². The number of amides is 1. The molecule has 7 heteroatoms. The molecule has 1 fully saturated rings. The number of nitrogens with zero attached hydrogens (tertiary/aromatic N) is 1. The summed E-state index contributed by atoms with van der Waals surface area (Å²) in [5.74, 6) is 0.223. The molecule has 4 aromatic rings. The Morgan fingerprint density at radius 2 is 1.47 bits per heavy atom. The van der Waals surface area contributed by atoms with E-state index in [0.717, 1.165) is 17.7 Å². The Morgan fingerprint density at radius 1 is 0.822 bits per heavy atom. The lowest BCUT2D eigenvalue weighted by atomic mass is 10.00. The number of hydrogen-bond donors (Lipinski definition) is 2. The van der Waals surface area contributed by atoms with Gasteiger partial charge in [0.1, 0.15) is 18.4 Å². The summed E-state index contributed by atoms with van der Waals surface area (Å²) in [4.78, 5) is 40.4. The molecule has 1 aliphatic carbocycles. The first-order valence-corrected chi connectivity index (χ1v) is 15.7. The average Bonchev–Trinajstić information content (AvgIpc) is 3.61. The number of nitrogens with one attached hydrogen (secondary N) is 1. The van der Waals surface area contributed by atoms with E-state index in [2.05, 4.69) is 5.32 Å². The number of ether oxygens (including phenoxy) is 1. The van der Waals surface area contributed by atoms with Crippen LogP contribution in [0.1, 0.15) is 60.0 Å². The zero-order chi connectivity index (χ0) is 31.4. The highest BCUT2D eigenvalue weighted by Crippen LogP contribution is 2.29. The summed E-state index contributed by atoms with van der Waals surface area (Å²) in [6.45, 7) is 0.760. The van der Waals surface area contributed by atoms with Crippen molar-refractivity contribution in [2.45, 2.75) is 51.0 Å². The van der Waals surface area contributed by atoms with Gasteiger partial charge >= 0.3 is 5.97 Å². The van der Waals surface area contributed by atoms with E-state index in [1.807, 2.05) is 65.6 Å². The molecule has 4 aromatic carbocycles. The highest BCUT2D eigenvalue weighted by atomic mass is 16.5. The Hall–Kier alpha value is -4.91. The third-order valence-corrected chi connectivity index (χ3v) is 8.39. The second-order valence-corrected chi connectivity index (χ2v) is 11.5. The standard InChI is InChI=1S/C38H40N2O5/c41-36(24-21-28-11-7-8-12-28)40(31-15-5-2-6-16-31)25-26-45-32-22-19-29(20-23-32)27-35(38(43)44)39-34-18-10-9-17-33(34)37(42)30-13-3-1-4-14-30/h1-6,9-10,13-20,22-23,28,35,39H,7-8,11-12,21,24-27H2,(H,43,44). The number of benzene rings is 4. The molecule has 1 unspecified atom stereocenters. The number of anilines is 2. The lowest BCUT2D eigenvalue weighted by Gasteiger charge is -2.24. The fraction of sp³-hybridized carbons (Fsp3) is 0.289. The number of carbonyl (C=O) groups excluding carboxylic acids is 2. The molecule has 0 saturated heterocycles. The van der Waals surface area contributed by atoms with Crippen molar-refractivity contribution in [1.29, 1.82) is 0 Å². The summed E-state index contributed by atoms with van der Waals surface area (Å²) in [5.41, 5.74) is 3.10. The Labute approximate surface area is 264 Å². The van der Waals surface area contributed by atoms with Gasteiger partial charge in [-0.25, -0.2) is 4.79 Å². The number of aliphatic carboxylic acids is 1. The van der Waals surface area contributed by atoms with Gasteiger partial charge in [0.2, 0.25) is 5.91 Å². The molecule has 0 bridgehead atoms. The molecule has 0 aliphatic heterocycles. The Morgan fingerprint density at radius 3 is 2.16 bits per heavy atom. The van der Waals surface area contributed by atoms with Crippen molar-refractivity contribution in [2.75, 3.05) is 23.4 Å². The fourth-order valence-corrected chi connectivity index (χ4v) is 5.92. The summed E-state index contributed by atoms with van der Waals surface area (Å²) in [6.07, 6.45) is 6.67. The minimum Gasteiger partial charge on any atom is -0.492 e. The first-order chi connectivity index (χ1) is 22.0. The van der Waals surface area contributed by atoms with Crippen molar-refractivity contribution in [1.82, 2.24) is 0 Å². The van der Waals surface area contributed by atoms with E-state index in [1.165, 1.54) is 25.7 Å². The maximum absolute atomic E-state index is 13.2. The fourth-order valence-electron chi connectivity index (χ4n) is 5.92. The second-order valence-electron chi connectivity index (χ2n) is 11.5. The van der Waals surface area contributed by atoms with Crippen LogP contribution < -0.4 is 15.0 Å². The first-order valence-electron chi connectivity index (χ1n) is 15.7. The van der Waals surface area contributed by atoms with Gasteiger partial charge in [0.15, 0.2) is 5.78 Å². The molecule has 1 saturated carbocycles. The van der Waals surface area contributed by atoms with Crippen molar-refractivity contribution >= 4 is 29.0 Å². The van der Waals surface area contributed by atoms with Gasteiger partial charge in [0, 0.05) is 35.3 Å². The van der Waals surface area contributed by atoms with Crippen LogP contribution in [0.5, 0.6) is 5.75 Å². The van der Waals surface area contributed by atoms with Crippen LogP contribution >= 0.6 is 0 Å². The maximum Gasteiger partial charge on any atom is 0.326 e. The number of rotatable bonds is 15. The van der Waals surface area contributed by atoms with E-state index >= 15 is 0 Å². The van der Waals surface area contributed by atoms with Gasteiger partial charge in [-0.2, -0.15) is 0 Å². The molecule has 0 aromatic heterocycles. The third-order valence-electron chi connectivity index (χ3n) is 8.39. The van der Waals surface area contributed by atoms with E-state index in [0.29, 0.717) is 48.1 Å². The summed E-state index contributed by atoms with van der Waals surface area (Å²) in [5, 5.41) is 13.1. The Kier molecular flexibility index (Phi) is 11.0. The van der Waals surface area contributed by atoms with E-state index in [9.17, 15) is 19.5 Å². The zero-order valence-electron chi connectivity index (χ0n) is 25.4. The Balaban J connectivity index is 1.18. The van der Waals surface area contributed by atoms with E-state index in [4.69, 9.17) is 4.74 Å². The predicted octanol–water partition coefficient (Wildman–Crippen LogP) is 7.41. The predicted molar refractivity (Wildman–Crippen MR) is 177 cm³/mol. The van der Waals surface area contributed by atoms with Crippen molar-refractivity contribution in [2.24, 2.45) is 5.92 Å². The molecular formula is C38H40N2O5. The molecule has 7 nitrogen and oxygen atoms in total. The third kappa shape index (κ3) is 8.82. The van der Waals surface area contributed by atoms with Gasteiger partial charge in [-0.15, -0.1) is 0 Å². The molecular weight excluding hydrogens is 564 g/mol. The largest absolute Gasteiger partial charge is 0.492 e. The maximum atomic E-state index is 13.2. The SMILES string of the molecule is O=C(c1ccccc1)c1ccccc1NC(Cc1ccc(OCCN(C(=O)CCC2CCCC2)c2ccccc2)cc1)C(=O)O. The van der Waals surface area contributed by atoms with Crippen LogP contribution in [0.3, 0.4) is 0 Å². The van der Waals surface area contributed by atoms with Crippen LogP contribution in [0.2, 0.25) is 0 Å². The molecule has 2 N–H and O–H groups in total. The summed E-state index contributed by atoms with van der Waals surface area (Å²) in [7, 11) is 0. The monoisotopic (exact) mass is 604 g/mol. The van der Waals surface area contributed by atoms with Gasteiger partial charge in [-0.05, 0) is 54.3 Å². The summed E-state index contributed by atoms with van der Waals surface area (Å²) >= 11 is 0. The number of hydrogen-bond acceptors (Lipinski definition) is 5. The van der Waals surface area contributed by atoms with Crippen molar-refractivity contribution in [3.05, 3.63) is 126 Å². The molecule has 1 aliphatic rings. The molecule has 1 atom stereocenters. The van der Waals surface area contributed by atoms with Crippen LogP contribution in [-0.4, -0.2) is 42.0 Å². The van der Waals surface area contributed by atoms with Crippen molar-refractivity contribution < 1.29 is 24.2 Å². The van der Waals surface area contributed by atoms with Crippen molar-refractivity contribution in [3.63, 3.8) is 0 Å². The summed E-state index contributed by atoms with van der Waals surface area (Å²) < 4.78 is 6.01. The molecule has 45 heavy (non-hydrogen) atoms. The Bertz CT molecular complexity index is 1550. The van der Waals surface area contributed by atoms with Gasteiger partial charge in [0.05, 0.1) is 6.54 Å². The highest BCUT2D eigenvalue weighted by molar-refractivity contribution is 6.12. The van der Waals surface area contributed by atoms with Gasteiger partial charge < -0.3 is 20.1 Å². The lowest BCUT2D eigenvalue weighted by molar-refractivity contribution is -0.137. The van der Waals surface area contributed by atoms with Crippen LogP contribution in [0, 0.1) is 5.92 Å². The van der Waals surface area contributed by atoms with Gasteiger partial charge in [0.25, 0.3) is 0 Å². The normalized spacial score (nSPS) is 13.6. The average molecular weight is 605 g/mol. The smallest absolute Gasteiger partial charge is 0.326 e. The minimum absolute atomic E-state index is 0.117. The first kappa shape index (κ1) is 31.5. The number of carbonyl (C=O) groups is 3. The van der Waals surface area contributed by atoms with Gasteiger partial charge in [-0.3, -0.25) is 9.59 Å². The minimum atomic E-state index is -1.02. The molecule has 5 rings (SSSR count). The van der Waals surface area contributed by atoms with Crippen LogP contribution in [0.4, 0.5) is 11.4 Å². The van der Waals surface area contributed by atoms with E-state index in [-0.39, 0.29) is 18.1 Å². The lowest BCUT2D eigenvalue weighted by Crippen LogP contribution is -2.34. The number of ketones is 1. The van der Waals surface area contributed by atoms with Crippen LogP contribution in [0.15, 0.2) is 109 Å². The molecule has 232 valence electrons. The number of carboxylic acid groups (broad SMARTS) is 1. The van der Waals surface area contributed by atoms with E-state index < -0.39 is 12.0 Å². The van der Waals surface area contributed by atoms with Crippen molar-refractivity contribution in [3.8, 4) is 5.75 Å². The number of carboxylic acids is 1. The number of para-hydroxylation sites is 2. The molecule has 1 amide bonds. The molecule has 0 heterocycles. The quantitative estimate of drug-likeness (QED) is 0.137. The highest BCUT2D eigenvalue weighted by Gasteiger charge is 2.22. The molecule has 0 radical (unpaired) electrons. The second kappa shape index (κ2) is 15.7.